The summed E-state index contributed by atoms with van der Waals surface area (Å²) in [6.45, 7) is 16.8. The Morgan fingerprint density at radius 2 is 1.22 bits per heavy atom. The molecule has 0 radical (unpaired) electrons. The topological polar surface area (TPSA) is 7.68 Å². The summed E-state index contributed by atoms with van der Waals surface area (Å²) in [6.07, 6.45) is 0. The van der Waals surface area contributed by atoms with Gasteiger partial charge in [0.1, 0.15) is 12.2 Å². The minimum Gasteiger partial charge on any atom is -0.319 e. The maximum Gasteiger partial charge on any atom is 0.157 e. The van der Waals surface area contributed by atoms with E-state index in [0.717, 1.165) is 13.2 Å². The standard InChI is InChI=1S/C21H28N2/c1-14-9-16(3)20(17(4)10-14)22-7-8-23(13-22)21-18(5)11-15(2)12-19(21)6/h9-12H,7-8,13H2,1-6H3/p+1. The first-order valence-electron chi connectivity index (χ1n) is 8.62. The Kier molecular flexibility index (Phi) is 4.20. The number of benzene rings is 2. The molecular formula is C21H29N2+. The quantitative estimate of drug-likeness (QED) is 0.892. The van der Waals surface area contributed by atoms with Gasteiger partial charge in [-0.05, 0) is 52.7 Å². The molecule has 2 heteroatoms. The molecule has 3 rings (SSSR count). The molecule has 2 nitrogen and oxygen atoms in total. The minimum atomic E-state index is 1.06. The van der Waals surface area contributed by atoms with Crippen molar-refractivity contribution in [1.82, 2.24) is 0 Å². The van der Waals surface area contributed by atoms with Crippen molar-refractivity contribution >= 4 is 11.4 Å². The maximum atomic E-state index is 2.57. The van der Waals surface area contributed by atoms with Gasteiger partial charge in [-0.15, -0.1) is 0 Å². The van der Waals surface area contributed by atoms with Gasteiger partial charge in [0.2, 0.25) is 0 Å². The van der Waals surface area contributed by atoms with Crippen LogP contribution in [0.1, 0.15) is 33.4 Å². The lowest BCUT2D eigenvalue weighted by Crippen LogP contribution is -3.06. The van der Waals surface area contributed by atoms with Crippen LogP contribution in [0.4, 0.5) is 11.4 Å². The summed E-state index contributed by atoms with van der Waals surface area (Å²) in [6, 6.07) is 9.26. The zero-order valence-electron chi connectivity index (χ0n) is 15.4. The number of anilines is 1. The van der Waals surface area contributed by atoms with Crippen molar-refractivity contribution in [2.24, 2.45) is 0 Å². The Morgan fingerprint density at radius 1 is 0.739 bits per heavy atom. The number of rotatable bonds is 2. The molecule has 0 aromatic heterocycles. The second kappa shape index (κ2) is 6.01. The molecule has 122 valence electrons. The van der Waals surface area contributed by atoms with Gasteiger partial charge in [-0.25, -0.2) is 0 Å². The molecule has 0 amide bonds. The Hall–Kier alpha value is -1.80. The molecule has 0 bridgehead atoms. The van der Waals surface area contributed by atoms with Crippen molar-refractivity contribution in [3.63, 3.8) is 0 Å². The van der Waals surface area contributed by atoms with Crippen LogP contribution in [0, 0.1) is 41.5 Å². The molecule has 1 saturated heterocycles. The van der Waals surface area contributed by atoms with E-state index in [1.54, 1.807) is 4.90 Å². The van der Waals surface area contributed by atoms with E-state index in [4.69, 9.17) is 0 Å². The molecule has 1 aliphatic rings. The smallest absolute Gasteiger partial charge is 0.157 e. The van der Waals surface area contributed by atoms with E-state index in [0.29, 0.717) is 0 Å². The first-order chi connectivity index (χ1) is 10.9. The largest absolute Gasteiger partial charge is 0.319 e. The van der Waals surface area contributed by atoms with Gasteiger partial charge in [0.05, 0.1) is 6.54 Å². The van der Waals surface area contributed by atoms with Gasteiger partial charge >= 0.3 is 0 Å². The van der Waals surface area contributed by atoms with Gasteiger partial charge < -0.3 is 4.90 Å². The van der Waals surface area contributed by atoms with E-state index in [1.165, 1.54) is 51.3 Å². The molecule has 0 spiro atoms. The van der Waals surface area contributed by atoms with Gasteiger partial charge in [-0.1, -0.05) is 35.4 Å². The number of hydrogen-bond donors (Lipinski definition) is 1. The van der Waals surface area contributed by atoms with Crippen molar-refractivity contribution in [3.05, 3.63) is 57.6 Å². The molecule has 1 heterocycles. The van der Waals surface area contributed by atoms with E-state index in [-0.39, 0.29) is 0 Å². The summed E-state index contributed by atoms with van der Waals surface area (Å²) >= 11 is 0. The highest BCUT2D eigenvalue weighted by Crippen LogP contribution is 2.27. The van der Waals surface area contributed by atoms with Gasteiger partial charge in [0, 0.05) is 16.8 Å². The van der Waals surface area contributed by atoms with Crippen LogP contribution in [0.15, 0.2) is 24.3 Å². The SMILES string of the molecule is Cc1cc(C)c(N2CC[NH+](c3c(C)cc(C)cc3C)C2)c(C)c1. The molecule has 2 aromatic carbocycles. The van der Waals surface area contributed by atoms with Crippen LogP contribution in [0.2, 0.25) is 0 Å². The summed E-state index contributed by atoms with van der Waals surface area (Å²) in [7, 11) is 0. The lowest BCUT2D eigenvalue weighted by Gasteiger charge is -2.23. The van der Waals surface area contributed by atoms with E-state index < -0.39 is 0 Å². The molecule has 0 aliphatic carbocycles. The monoisotopic (exact) mass is 309 g/mol. The zero-order valence-corrected chi connectivity index (χ0v) is 15.4. The summed E-state index contributed by atoms with van der Waals surface area (Å²) in [5.41, 5.74) is 11.3. The fourth-order valence-electron chi connectivity index (χ4n) is 4.46. The fraction of sp³-hybridized carbons (Fsp3) is 0.429. The molecule has 23 heavy (non-hydrogen) atoms. The van der Waals surface area contributed by atoms with Crippen LogP contribution in [0.3, 0.4) is 0 Å². The second-order valence-corrected chi connectivity index (χ2v) is 7.30. The molecule has 1 N–H and O–H groups in total. The highest BCUT2D eigenvalue weighted by molar-refractivity contribution is 5.60. The lowest BCUT2D eigenvalue weighted by molar-refractivity contribution is -0.817. The predicted molar refractivity (Wildman–Crippen MR) is 99.0 cm³/mol. The van der Waals surface area contributed by atoms with Crippen molar-refractivity contribution in [3.8, 4) is 0 Å². The van der Waals surface area contributed by atoms with Crippen LogP contribution in [0.25, 0.3) is 0 Å². The average Bonchev–Trinajstić information content (AvgIpc) is 2.85. The summed E-state index contributed by atoms with van der Waals surface area (Å²) in [4.78, 5) is 4.16. The average molecular weight is 309 g/mol. The second-order valence-electron chi connectivity index (χ2n) is 7.30. The molecule has 1 unspecified atom stereocenters. The third-order valence-electron chi connectivity index (χ3n) is 5.05. The third-order valence-corrected chi connectivity index (χ3v) is 5.05. The summed E-state index contributed by atoms with van der Waals surface area (Å²) < 4.78 is 0. The summed E-state index contributed by atoms with van der Waals surface area (Å²) in [5.74, 6) is 0. The van der Waals surface area contributed by atoms with Crippen molar-refractivity contribution in [2.75, 3.05) is 24.7 Å². The zero-order chi connectivity index (χ0) is 16.7. The van der Waals surface area contributed by atoms with Crippen LogP contribution >= 0.6 is 0 Å². The van der Waals surface area contributed by atoms with E-state index in [2.05, 4.69) is 70.7 Å². The maximum absolute atomic E-state index is 2.57. The van der Waals surface area contributed by atoms with Gasteiger partial charge in [0.25, 0.3) is 0 Å². The number of nitrogens with zero attached hydrogens (tertiary/aromatic N) is 1. The van der Waals surface area contributed by atoms with E-state index >= 15 is 0 Å². The molecule has 2 aromatic rings. The van der Waals surface area contributed by atoms with E-state index in [9.17, 15) is 0 Å². The Bertz CT molecular complexity index is 636. The van der Waals surface area contributed by atoms with Crippen LogP contribution in [-0.4, -0.2) is 19.8 Å². The van der Waals surface area contributed by atoms with Gasteiger partial charge in [-0.3, -0.25) is 4.90 Å². The number of hydrogen-bond acceptors (Lipinski definition) is 1. The first-order valence-corrected chi connectivity index (χ1v) is 8.62. The summed E-state index contributed by atoms with van der Waals surface area (Å²) in [5, 5.41) is 0. The van der Waals surface area contributed by atoms with Crippen LogP contribution in [-0.2, 0) is 0 Å². The highest BCUT2D eigenvalue weighted by atomic mass is 15.4. The van der Waals surface area contributed by atoms with Crippen LogP contribution in [0.5, 0.6) is 0 Å². The van der Waals surface area contributed by atoms with E-state index in [1.807, 2.05) is 0 Å². The molecular weight excluding hydrogens is 280 g/mol. The Morgan fingerprint density at radius 3 is 1.74 bits per heavy atom. The van der Waals surface area contributed by atoms with Crippen molar-refractivity contribution in [2.45, 2.75) is 41.5 Å². The molecule has 0 saturated carbocycles. The predicted octanol–water partition coefficient (Wildman–Crippen LogP) is 3.53. The third kappa shape index (κ3) is 3.00. The molecule has 1 atom stereocenters. The number of aryl methyl sites for hydroxylation is 6. The highest BCUT2D eigenvalue weighted by Gasteiger charge is 2.29. The molecule has 1 aliphatic heterocycles. The number of nitrogens with one attached hydrogen (secondary N) is 1. The Balaban J connectivity index is 1.91. The number of quaternary nitrogens is 1. The van der Waals surface area contributed by atoms with Crippen molar-refractivity contribution < 1.29 is 4.90 Å². The lowest BCUT2D eigenvalue weighted by atomic mass is 10.0. The first kappa shape index (κ1) is 16.1. The normalized spacial score (nSPS) is 17.8. The van der Waals surface area contributed by atoms with Gasteiger partial charge in [0.15, 0.2) is 6.67 Å². The fourth-order valence-corrected chi connectivity index (χ4v) is 4.46. The van der Waals surface area contributed by atoms with Gasteiger partial charge in [-0.2, -0.15) is 0 Å². The Labute approximate surface area is 140 Å². The minimum absolute atomic E-state index is 1.06. The van der Waals surface area contributed by atoms with Crippen molar-refractivity contribution in [1.29, 1.82) is 0 Å². The molecule has 1 fully saturated rings. The van der Waals surface area contributed by atoms with Crippen LogP contribution < -0.4 is 9.80 Å².